The van der Waals surface area contributed by atoms with Crippen molar-refractivity contribution in [1.82, 2.24) is 15.5 Å². The van der Waals surface area contributed by atoms with Crippen molar-refractivity contribution in [3.8, 4) is 11.5 Å². The van der Waals surface area contributed by atoms with Crippen LogP contribution in [-0.2, 0) is 22.8 Å². The summed E-state index contributed by atoms with van der Waals surface area (Å²) < 4.78 is 25.8. The molecule has 2 unspecified atom stereocenters. The van der Waals surface area contributed by atoms with E-state index in [2.05, 4.69) is 19.9 Å². The molecule has 2 amide bonds. The third kappa shape index (κ3) is 6.99. The molecule has 2 aromatic rings. The number of carbonyl (C=O) groups excluding carboxylic acids is 2. The van der Waals surface area contributed by atoms with E-state index in [9.17, 15) is 14.1 Å². The molecule has 3 rings (SSSR count). The maximum atomic E-state index is 12.9. The molecular formula is C23H31N4O5PS. The molecule has 2 N–H and O–H groups in total. The molecule has 1 aliphatic heterocycles. The summed E-state index contributed by atoms with van der Waals surface area (Å²) in [5.74, 6) is 0.951. The van der Waals surface area contributed by atoms with Crippen molar-refractivity contribution in [3.63, 3.8) is 0 Å². The fourth-order valence-electron chi connectivity index (χ4n) is 3.34. The quantitative estimate of drug-likeness (QED) is 0.380. The Morgan fingerprint density at radius 1 is 1.29 bits per heavy atom. The van der Waals surface area contributed by atoms with Gasteiger partial charge in [-0.3, -0.25) is 9.59 Å². The second kappa shape index (κ2) is 12.3. The van der Waals surface area contributed by atoms with Crippen LogP contribution in [0.15, 0.2) is 36.4 Å². The van der Waals surface area contributed by atoms with E-state index >= 15 is 0 Å². The first-order chi connectivity index (χ1) is 16.3. The molecule has 0 aromatic heterocycles. The van der Waals surface area contributed by atoms with Crippen molar-refractivity contribution < 1.29 is 23.6 Å². The van der Waals surface area contributed by atoms with E-state index < -0.39 is 11.4 Å². The van der Waals surface area contributed by atoms with Crippen LogP contribution in [0.5, 0.6) is 11.5 Å². The molecule has 2 atom stereocenters. The molecule has 11 heteroatoms. The Balaban J connectivity index is 1.92. The second-order valence-electron chi connectivity index (χ2n) is 8.02. The summed E-state index contributed by atoms with van der Waals surface area (Å²) in [6.45, 7) is 1.70. The fourth-order valence-corrected chi connectivity index (χ4v) is 5.07. The molecule has 1 saturated heterocycles. The number of anilines is 1. The Labute approximate surface area is 205 Å². The van der Waals surface area contributed by atoms with E-state index in [1.807, 2.05) is 43.3 Å². The summed E-state index contributed by atoms with van der Waals surface area (Å²) in [7, 11) is 8.05. The largest absolute Gasteiger partial charge is 0.593 e. The van der Waals surface area contributed by atoms with Gasteiger partial charge in [-0.15, -0.1) is 9.24 Å². The number of methoxy groups -OCH3 is 1. The zero-order valence-corrected chi connectivity index (χ0v) is 21.6. The highest BCUT2D eigenvalue weighted by Crippen LogP contribution is 2.33. The molecule has 34 heavy (non-hydrogen) atoms. The van der Waals surface area contributed by atoms with Crippen LogP contribution in [0.4, 0.5) is 5.69 Å². The molecule has 0 aliphatic carbocycles. The van der Waals surface area contributed by atoms with Crippen molar-refractivity contribution in [2.45, 2.75) is 6.61 Å². The molecule has 184 valence electrons. The van der Waals surface area contributed by atoms with Crippen LogP contribution in [0, 0.1) is 0 Å². The number of amides is 2. The SMILES string of the molecule is COc1ccc(COc2cc(C(=O)NCCN(C)C)cc(P)c2N2CC(=O)NCC[S+]2[O-])cc1. The number of hydrogen-bond acceptors (Lipinski definition) is 7. The van der Waals surface area contributed by atoms with Crippen molar-refractivity contribution in [2.75, 3.05) is 57.4 Å². The van der Waals surface area contributed by atoms with Gasteiger partial charge >= 0.3 is 0 Å². The molecular weight excluding hydrogens is 475 g/mol. The van der Waals surface area contributed by atoms with Gasteiger partial charge in [0, 0.05) is 24.0 Å². The second-order valence-corrected chi connectivity index (χ2v) is 10.1. The van der Waals surface area contributed by atoms with Gasteiger partial charge in [-0.25, -0.2) is 0 Å². The van der Waals surface area contributed by atoms with Crippen LogP contribution in [-0.4, -0.2) is 74.4 Å². The molecule has 9 nitrogen and oxygen atoms in total. The average Bonchev–Trinajstić information content (AvgIpc) is 2.97. The third-order valence-electron chi connectivity index (χ3n) is 5.15. The first-order valence-electron chi connectivity index (χ1n) is 10.8. The lowest BCUT2D eigenvalue weighted by atomic mass is 10.1. The highest BCUT2D eigenvalue weighted by Gasteiger charge is 2.31. The van der Waals surface area contributed by atoms with Gasteiger partial charge in [-0.2, -0.15) is 4.31 Å². The Morgan fingerprint density at radius 3 is 2.71 bits per heavy atom. The zero-order valence-electron chi connectivity index (χ0n) is 19.6. The number of likely N-dealkylation sites (N-methyl/N-ethyl adjacent to an activating group) is 1. The Kier molecular flexibility index (Phi) is 9.41. The molecule has 2 aromatic carbocycles. The van der Waals surface area contributed by atoms with E-state index in [1.54, 1.807) is 19.2 Å². The van der Waals surface area contributed by atoms with Gasteiger partial charge in [0.2, 0.25) is 5.91 Å². The average molecular weight is 507 g/mol. The molecule has 1 aliphatic rings. The number of rotatable bonds is 9. The van der Waals surface area contributed by atoms with Gasteiger partial charge in [-0.05, 0) is 43.9 Å². The van der Waals surface area contributed by atoms with Gasteiger partial charge in [0.25, 0.3) is 5.91 Å². The smallest absolute Gasteiger partial charge is 0.251 e. The number of nitrogens with one attached hydrogen (secondary N) is 2. The number of hydrogen-bond donors (Lipinski definition) is 2. The van der Waals surface area contributed by atoms with Gasteiger partial charge in [0.1, 0.15) is 36.1 Å². The molecule has 1 heterocycles. The third-order valence-corrected chi connectivity index (χ3v) is 6.94. The predicted octanol–water partition coefficient (Wildman–Crippen LogP) is 0.666. The number of ether oxygens (including phenoxy) is 2. The van der Waals surface area contributed by atoms with Crippen LogP contribution in [0.2, 0.25) is 0 Å². The summed E-state index contributed by atoms with van der Waals surface area (Å²) >= 11 is -1.43. The zero-order chi connectivity index (χ0) is 24.7. The van der Waals surface area contributed by atoms with Crippen LogP contribution < -0.4 is 29.7 Å². The monoisotopic (exact) mass is 506 g/mol. The minimum Gasteiger partial charge on any atom is -0.593 e. The normalized spacial score (nSPS) is 16.1. The molecule has 0 radical (unpaired) electrons. The lowest BCUT2D eigenvalue weighted by molar-refractivity contribution is -0.119. The van der Waals surface area contributed by atoms with Gasteiger partial charge in [0.15, 0.2) is 0 Å². The minimum atomic E-state index is -1.43. The summed E-state index contributed by atoms with van der Waals surface area (Å²) in [6, 6.07) is 10.8. The summed E-state index contributed by atoms with van der Waals surface area (Å²) in [4.78, 5) is 27.0. The van der Waals surface area contributed by atoms with Crippen molar-refractivity contribution in [3.05, 3.63) is 47.5 Å². The number of benzene rings is 2. The Hall–Kier alpha value is -2.52. The van der Waals surface area contributed by atoms with Crippen LogP contribution >= 0.6 is 9.24 Å². The molecule has 1 fully saturated rings. The van der Waals surface area contributed by atoms with E-state index in [-0.39, 0.29) is 25.0 Å². The number of carbonyl (C=O) groups is 2. The standard InChI is InChI=1S/C23H31N4O5PS/c1-26(2)10-8-25-23(29)17-12-19(32-15-16-4-6-18(31-3)7-5-16)22(20(33)13-17)27-14-21(28)24-9-11-34(27)30/h4-7,12-13H,8-11,14-15,33H2,1-3H3,(H,24,28)(H,25,29). The molecule has 0 saturated carbocycles. The lowest BCUT2D eigenvalue weighted by Crippen LogP contribution is -2.38. The summed E-state index contributed by atoms with van der Waals surface area (Å²) in [5.41, 5.74) is 1.83. The van der Waals surface area contributed by atoms with E-state index in [1.165, 1.54) is 4.31 Å². The van der Waals surface area contributed by atoms with Crippen molar-refractivity contribution >= 4 is 43.4 Å². The predicted molar refractivity (Wildman–Crippen MR) is 137 cm³/mol. The molecule has 0 bridgehead atoms. The van der Waals surface area contributed by atoms with Crippen LogP contribution in [0.3, 0.4) is 0 Å². The first-order valence-corrected chi connectivity index (χ1v) is 12.7. The van der Waals surface area contributed by atoms with E-state index in [0.717, 1.165) is 11.3 Å². The first kappa shape index (κ1) is 26.1. The highest BCUT2D eigenvalue weighted by molar-refractivity contribution is 7.92. The van der Waals surface area contributed by atoms with Gasteiger partial charge < -0.3 is 29.6 Å². The summed E-state index contributed by atoms with van der Waals surface area (Å²) in [6.07, 6.45) is 0. The Bertz CT molecular complexity index is 1010. The van der Waals surface area contributed by atoms with Crippen molar-refractivity contribution in [1.29, 1.82) is 0 Å². The van der Waals surface area contributed by atoms with Crippen LogP contribution in [0.25, 0.3) is 0 Å². The van der Waals surface area contributed by atoms with Crippen molar-refractivity contribution in [2.24, 2.45) is 0 Å². The van der Waals surface area contributed by atoms with E-state index in [0.29, 0.717) is 47.7 Å². The maximum absolute atomic E-state index is 12.9. The molecule has 0 spiro atoms. The fraction of sp³-hybridized carbons (Fsp3) is 0.391. The van der Waals surface area contributed by atoms with Crippen LogP contribution in [0.1, 0.15) is 15.9 Å². The Morgan fingerprint density at radius 2 is 2.03 bits per heavy atom. The van der Waals surface area contributed by atoms with Gasteiger partial charge in [-0.1, -0.05) is 12.1 Å². The maximum Gasteiger partial charge on any atom is 0.251 e. The number of nitrogens with zero attached hydrogens (tertiary/aromatic N) is 2. The minimum absolute atomic E-state index is 0.0682. The lowest BCUT2D eigenvalue weighted by Gasteiger charge is -2.27. The van der Waals surface area contributed by atoms with Gasteiger partial charge in [0.05, 0.1) is 25.0 Å². The van der Waals surface area contributed by atoms with E-state index in [4.69, 9.17) is 9.47 Å². The highest BCUT2D eigenvalue weighted by atomic mass is 32.2. The topological polar surface area (TPSA) is 106 Å². The summed E-state index contributed by atoms with van der Waals surface area (Å²) in [5, 5.41) is 6.26.